The maximum atomic E-state index is 3.34. The summed E-state index contributed by atoms with van der Waals surface area (Å²) in [6.45, 7) is 4.23. The summed E-state index contributed by atoms with van der Waals surface area (Å²) < 4.78 is 0. The first-order valence-corrected chi connectivity index (χ1v) is 7.67. The Morgan fingerprint density at radius 3 is 2.05 bits per heavy atom. The van der Waals surface area contributed by atoms with Gasteiger partial charge in [0, 0.05) is 17.8 Å². The molecule has 0 aliphatic rings. The largest absolute Gasteiger partial charge is 0.364 e. The van der Waals surface area contributed by atoms with Crippen LogP contribution >= 0.6 is 0 Å². The van der Waals surface area contributed by atoms with Gasteiger partial charge in [-0.2, -0.15) is 0 Å². The quantitative estimate of drug-likeness (QED) is 0.654. The summed E-state index contributed by atoms with van der Waals surface area (Å²) in [5, 5.41) is 0. The Bertz CT molecular complexity index is 732. The first kappa shape index (κ1) is 14.4. The SMILES string of the molecule is Cc1ccc(/C=C/C(c2ccc(C)cc2)c2ccc[nH]2)cc1. The third-order valence-corrected chi connectivity index (χ3v) is 3.95. The predicted octanol–water partition coefficient (Wildman–Crippen LogP) is 5.48. The lowest BCUT2D eigenvalue weighted by Crippen LogP contribution is -1.98. The predicted molar refractivity (Wildman–Crippen MR) is 94.0 cm³/mol. The molecule has 1 heterocycles. The molecule has 1 unspecified atom stereocenters. The zero-order valence-corrected chi connectivity index (χ0v) is 13.1. The molecule has 0 amide bonds. The maximum absolute atomic E-state index is 3.34. The molecular formula is C21H21N. The van der Waals surface area contributed by atoms with Crippen molar-refractivity contribution in [3.05, 3.63) is 101 Å². The number of aromatic nitrogens is 1. The van der Waals surface area contributed by atoms with E-state index in [1.807, 2.05) is 6.20 Å². The normalized spacial score (nSPS) is 12.6. The Morgan fingerprint density at radius 1 is 0.818 bits per heavy atom. The van der Waals surface area contributed by atoms with E-state index in [0.717, 1.165) is 0 Å². The Kier molecular flexibility index (Phi) is 4.24. The summed E-state index contributed by atoms with van der Waals surface area (Å²) in [6, 6.07) is 21.6. The molecule has 110 valence electrons. The minimum Gasteiger partial charge on any atom is -0.364 e. The lowest BCUT2D eigenvalue weighted by atomic mass is 9.94. The fraction of sp³-hybridized carbons (Fsp3) is 0.143. The van der Waals surface area contributed by atoms with Crippen LogP contribution in [0, 0.1) is 13.8 Å². The first-order valence-electron chi connectivity index (χ1n) is 7.67. The standard InChI is InChI=1S/C21H21N/c1-16-5-9-18(10-6-16)11-14-20(21-4-3-15-22-21)19-12-7-17(2)8-13-19/h3-15,20,22H,1-2H3/b14-11+. The van der Waals surface area contributed by atoms with Gasteiger partial charge < -0.3 is 4.98 Å². The maximum Gasteiger partial charge on any atom is 0.0424 e. The Balaban J connectivity index is 1.92. The Hall–Kier alpha value is -2.54. The fourth-order valence-electron chi connectivity index (χ4n) is 2.59. The average molecular weight is 287 g/mol. The van der Waals surface area contributed by atoms with Crippen LogP contribution < -0.4 is 0 Å². The molecule has 0 fully saturated rings. The van der Waals surface area contributed by atoms with Gasteiger partial charge in [0.1, 0.15) is 0 Å². The highest BCUT2D eigenvalue weighted by Crippen LogP contribution is 2.26. The van der Waals surface area contributed by atoms with Crippen molar-refractivity contribution in [3.8, 4) is 0 Å². The van der Waals surface area contributed by atoms with Crippen LogP contribution in [-0.2, 0) is 0 Å². The molecule has 1 aromatic heterocycles. The molecule has 22 heavy (non-hydrogen) atoms. The molecule has 0 radical (unpaired) electrons. The highest BCUT2D eigenvalue weighted by molar-refractivity contribution is 5.53. The smallest absolute Gasteiger partial charge is 0.0424 e. The van der Waals surface area contributed by atoms with Crippen molar-refractivity contribution in [1.29, 1.82) is 0 Å². The molecule has 0 aliphatic carbocycles. The van der Waals surface area contributed by atoms with E-state index in [-0.39, 0.29) is 5.92 Å². The number of aromatic amines is 1. The minimum atomic E-state index is 0.247. The minimum absolute atomic E-state index is 0.247. The van der Waals surface area contributed by atoms with Gasteiger partial charge in [0.2, 0.25) is 0 Å². The van der Waals surface area contributed by atoms with Crippen LogP contribution in [0.25, 0.3) is 6.08 Å². The highest BCUT2D eigenvalue weighted by atomic mass is 14.7. The van der Waals surface area contributed by atoms with E-state index in [1.165, 1.54) is 27.9 Å². The number of hydrogen-bond acceptors (Lipinski definition) is 0. The molecule has 0 bridgehead atoms. The molecule has 0 saturated heterocycles. The molecule has 2 aromatic carbocycles. The molecule has 1 nitrogen and oxygen atoms in total. The highest BCUT2D eigenvalue weighted by Gasteiger charge is 2.11. The third-order valence-electron chi connectivity index (χ3n) is 3.95. The van der Waals surface area contributed by atoms with E-state index in [1.54, 1.807) is 0 Å². The van der Waals surface area contributed by atoms with Gasteiger partial charge in [-0.1, -0.05) is 71.8 Å². The molecule has 1 N–H and O–H groups in total. The van der Waals surface area contributed by atoms with E-state index in [2.05, 4.69) is 91.6 Å². The van der Waals surface area contributed by atoms with Gasteiger partial charge in [-0.25, -0.2) is 0 Å². The van der Waals surface area contributed by atoms with E-state index in [9.17, 15) is 0 Å². The molecule has 0 saturated carbocycles. The van der Waals surface area contributed by atoms with Gasteiger partial charge in [-0.15, -0.1) is 0 Å². The van der Waals surface area contributed by atoms with Crippen LogP contribution in [0.1, 0.15) is 33.9 Å². The number of allylic oxidation sites excluding steroid dienone is 1. The van der Waals surface area contributed by atoms with Crippen LogP contribution in [0.5, 0.6) is 0 Å². The van der Waals surface area contributed by atoms with Crippen molar-refractivity contribution in [2.75, 3.05) is 0 Å². The van der Waals surface area contributed by atoms with Crippen molar-refractivity contribution in [2.45, 2.75) is 19.8 Å². The van der Waals surface area contributed by atoms with Gasteiger partial charge in [0.15, 0.2) is 0 Å². The first-order chi connectivity index (χ1) is 10.7. The number of hydrogen-bond donors (Lipinski definition) is 1. The molecule has 1 atom stereocenters. The summed E-state index contributed by atoms with van der Waals surface area (Å²) in [6.07, 6.45) is 6.45. The monoisotopic (exact) mass is 287 g/mol. The molecule has 0 aliphatic heterocycles. The summed E-state index contributed by atoms with van der Waals surface area (Å²) >= 11 is 0. The Morgan fingerprint density at radius 2 is 1.45 bits per heavy atom. The zero-order valence-electron chi connectivity index (χ0n) is 13.1. The van der Waals surface area contributed by atoms with E-state index >= 15 is 0 Å². The summed E-state index contributed by atoms with van der Waals surface area (Å²) in [7, 11) is 0. The average Bonchev–Trinajstić information content (AvgIpc) is 3.05. The van der Waals surface area contributed by atoms with Crippen LogP contribution in [0.15, 0.2) is 72.9 Å². The van der Waals surface area contributed by atoms with E-state index < -0.39 is 0 Å². The van der Waals surface area contributed by atoms with Crippen LogP contribution in [0.2, 0.25) is 0 Å². The van der Waals surface area contributed by atoms with Gasteiger partial charge in [-0.05, 0) is 37.1 Å². The summed E-state index contributed by atoms with van der Waals surface area (Å²) in [5.41, 5.74) is 6.32. The molecule has 0 spiro atoms. The Labute approximate surface area is 132 Å². The second kappa shape index (κ2) is 6.48. The van der Waals surface area contributed by atoms with Crippen LogP contribution in [0.4, 0.5) is 0 Å². The van der Waals surface area contributed by atoms with Crippen molar-refractivity contribution in [1.82, 2.24) is 4.98 Å². The topological polar surface area (TPSA) is 15.8 Å². The second-order valence-corrected chi connectivity index (χ2v) is 5.78. The fourth-order valence-corrected chi connectivity index (χ4v) is 2.59. The lowest BCUT2D eigenvalue weighted by Gasteiger charge is -2.12. The summed E-state index contributed by atoms with van der Waals surface area (Å²) in [5.74, 6) is 0.247. The summed E-state index contributed by atoms with van der Waals surface area (Å²) in [4.78, 5) is 3.34. The zero-order chi connectivity index (χ0) is 15.4. The van der Waals surface area contributed by atoms with Gasteiger partial charge in [-0.3, -0.25) is 0 Å². The molecule has 1 heteroatoms. The van der Waals surface area contributed by atoms with Gasteiger partial charge >= 0.3 is 0 Å². The van der Waals surface area contributed by atoms with E-state index in [0.29, 0.717) is 0 Å². The second-order valence-electron chi connectivity index (χ2n) is 5.78. The number of rotatable bonds is 4. The molecule has 3 rings (SSSR count). The van der Waals surface area contributed by atoms with Crippen LogP contribution in [-0.4, -0.2) is 4.98 Å². The molecule has 3 aromatic rings. The van der Waals surface area contributed by atoms with Crippen molar-refractivity contribution in [2.24, 2.45) is 0 Å². The van der Waals surface area contributed by atoms with Crippen molar-refractivity contribution >= 4 is 6.08 Å². The number of aryl methyl sites for hydroxylation is 2. The van der Waals surface area contributed by atoms with Gasteiger partial charge in [0.05, 0.1) is 0 Å². The van der Waals surface area contributed by atoms with Crippen LogP contribution in [0.3, 0.4) is 0 Å². The third kappa shape index (κ3) is 3.37. The molecular weight excluding hydrogens is 266 g/mol. The number of H-pyrrole nitrogens is 1. The van der Waals surface area contributed by atoms with E-state index in [4.69, 9.17) is 0 Å². The number of benzene rings is 2. The van der Waals surface area contributed by atoms with Crippen molar-refractivity contribution in [3.63, 3.8) is 0 Å². The lowest BCUT2D eigenvalue weighted by molar-refractivity contribution is 0.976. The van der Waals surface area contributed by atoms with Crippen molar-refractivity contribution < 1.29 is 0 Å². The van der Waals surface area contributed by atoms with Gasteiger partial charge in [0.25, 0.3) is 0 Å². The number of nitrogens with one attached hydrogen (secondary N) is 1.